The molecule has 1 aliphatic heterocycles. The Bertz CT molecular complexity index is 976. The number of rotatable bonds is 9. The Morgan fingerprint density at radius 3 is 2.31 bits per heavy atom. The van der Waals surface area contributed by atoms with Crippen LogP contribution in [0.25, 0.3) is 5.76 Å². The number of hydrogen-bond acceptors (Lipinski definition) is 5. The molecule has 32 heavy (non-hydrogen) atoms. The van der Waals surface area contributed by atoms with E-state index < -0.39 is 17.7 Å². The smallest absolute Gasteiger partial charge is 0.295 e. The Morgan fingerprint density at radius 2 is 1.72 bits per heavy atom. The van der Waals surface area contributed by atoms with Crippen LogP contribution in [0.1, 0.15) is 43.0 Å². The summed E-state index contributed by atoms with van der Waals surface area (Å²) in [6.45, 7) is 7.53. The molecule has 0 radical (unpaired) electrons. The van der Waals surface area contributed by atoms with Gasteiger partial charge < -0.3 is 19.5 Å². The van der Waals surface area contributed by atoms with E-state index in [1.165, 1.54) is 4.90 Å². The molecule has 0 aliphatic carbocycles. The molecule has 0 bridgehead atoms. The fourth-order valence-corrected chi connectivity index (χ4v) is 3.71. The minimum absolute atomic E-state index is 0.104. The van der Waals surface area contributed by atoms with Gasteiger partial charge in [0.25, 0.3) is 11.7 Å². The fraction of sp³-hybridized carbons (Fsp3) is 0.385. The van der Waals surface area contributed by atoms with Gasteiger partial charge in [0, 0.05) is 25.8 Å². The molecule has 1 amide bonds. The Labute approximate surface area is 189 Å². The third-order valence-corrected chi connectivity index (χ3v) is 5.39. The second-order valence-electron chi connectivity index (χ2n) is 8.48. The van der Waals surface area contributed by atoms with E-state index in [0.29, 0.717) is 43.4 Å². The number of methoxy groups -OCH3 is 1. The lowest BCUT2D eigenvalue weighted by Crippen LogP contribution is -2.31. The fourth-order valence-electron chi connectivity index (χ4n) is 3.71. The molecule has 2 aromatic rings. The number of ether oxygens (including phenoxy) is 2. The van der Waals surface area contributed by atoms with Gasteiger partial charge in [-0.15, -0.1) is 0 Å². The number of carbonyl (C=O) groups excluding carboxylic acids is 2. The van der Waals surface area contributed by atoms with Crippen molar-refractivity contribution in [1.82, 2.24) is 4.90 Å². The maximum Gasteiger partial charge on any atom is 0.295 e. The van der Waals surface area contributed by atoms with Gasteiger partial charge in [-0.3, -0.25) is 9.59 Å². The third kappa shape index (κ3) is 5.19. The summed E-state index contributed by atoms with van der Waals surface area (Å²) in [5.74, 6) is -0.383. The van der Waals surface area contributed by atoms with Crippen molar-refractivity contribution in [2.45, 2.75) is 33.2 Å². The van der Waals surface area contributed by atoms with Crippen molar-refractivity contribution in [2.24, 2.45) is 5.92 Å². The van der Waals surface area contributed by atoms with E-state index >= 15 is 0 Å². The van der Waals surface area contributed by atoms with Crippen LogP contribution in [-0.4, -0.2) is 48.6 Å². The molecule has 0 aromatic heterocycles. The predicted octanol–water partition coefficient (Wildman–Crippen LogP) is 4.49. The summed E-state index contributed by atoms with van der Waals surface area (Å²) in [6, 6.07) is 13.9. The van der Waals surface area contributed by atoms with Gasteiger partial charge in [-0.1, -0.05) is 43.7 Å². The van der Waals surface area contributed by atoms with E-state index in [2.05, 4.69) is 13.8 Å². The molecule has 1 N–H and O–H groups in total. The highest BCUT2D eigenvalue weighted by Crippen LogP contribution is 2.39. The quantitative estimate of drug-likeness (QED) is 0.271. The summed E-state index contributed by atoms with van der Waals surface area (Å²) in [5, 5.41) is 11.1. The number of hydrogen-bond donors (Lipinski definition) is 1. The Balaban J connectivity index is 2.00. The highest BCUT2D eigenvalue weighted by Gasteiger charge is 2.45. The van der Waals surface area contributed by atoms with Crippen molar-refractivity contribution in [3.63, 3.8) is 0 Å². The van der Waals surface area contributed by atoms with Gasteiger partial charge in [0.15, 0.2) is 0 Å². The van der Waals surface area contributed by atoms with Crippen LogP contribution in [0.4, 0.5) is 0 Å². The first-order valence-corrected chi connectivity index (χ1v) is 10.9. The summed E-state index contributed by atoms with van der Waals surface area (Å²) in [7, 11) is 1.60. The summed E-state index contributed by atoms with van der Waals surface area (Å²) in [6.07, 6.45) is 0.591. The van der Waals surface area contributed by atoms with Crippen LogP contribution in [-0.2, 0) is 14.3 Å². The van der Waals surface area contributed by atoms with Crippen LogP contribution < -0.4 is 4.74 Å². The van der Waals surface area contributed by atoms with Crippen molar-refractivity contribution >= 4 is 17.4 Å². The van der Waals surface area contributed by atoms with Crippen LogP contribution in [0.5, 0.6) is 5.75 Å². The molecule has 6 heteroatoms. The molecule has 2 aromatic carbocycles. The van der Waals surface area contributed by atoms with E-state index in [-0.39, 0.29) is 11.3 Å². The minimum atomic E-state index is -0.675. The number of benzene rings is 2. The van der Waals surface area contributed by atoms with Crippen molar-refractivity contribution in [2.75, 3.05) is 26.9 Å². The molecule has 3 rings (SSSR count). The lowest BCUT2D eigenvalue weighted by atomic mass is 9.94. The maximum absolute atomic E-state index is 13.0. The number of nitrogens with zero attached hydrogens (tertiary/aromatic N) is 1. The SMILES string of the molecule is COCCCN1C(=O)C(=O)/C(=C(/O)c2ccc(OCC(C)C)cc2)C1c1ccc(C)cc1. The molecule has 0 spiro atoms. The first-order valence-electron chi connectivity index (χ1n) is 10.9. The van der Waals surface area contributed by atoms with Crippen molar-refractivity contribution < 1.29 is 24.2 Å². The van der Waals surface area contributed by atoms with Crippen LogP contribution in [0.3, 0.4) is 0 Å². The Hall–Kier alpha value is -3.12. The summed E-state index contributed by atoms with van der Waals surface area (Å²) in [5.41, 5.74) is 2.42. The lowest BCUT2D eigenvalue weighted by Gasteiger charge is -2.25. The van der Waals surface area contributed by atoms with E-state index in [4.69, 9.17) is 9.47 Å². The standard InChI is InChI=1S/C26H31NO5/c1-17(2)16-32-21-12-10-20(11-13-21)24(28)22-23(19-8-6-18(3)7-9-19)27(14-5-15-31-4)26(30)25(22)29/h6-13,17,23,28H,5,14-16H2,1-4H3/b24-22+. The highest BCUT2D eigenvalue weighted by atomic mass is 16.5. The summed E-state index contributed by atoms with van der Waals surface area (Å²) < 4.78 is 10.8. The Kier molecular flexibility index (Phi) is 7.70. The van der Waals surface area contributed by atoms with Gasteiger partial charge in [-0.2, -0.15) is 0 Å². The molecular formula is C26H31NO5. The van der Waals surface area contributed by atoms with Crippen LogP contribution in [0, 0.1) is 12.8 Å². The van der Waals surface area contributed by atoms with Gasteiger partial charge in [0.05, 0.1) is 18.2 Å². The average molecular weight is 438 g/mol. The zero-order valence-electron chi connectivity index (χ0n) is 19.1. The monoisotopic (exact) mass is 437 g/mol. The molecule has 1 saturated heterocycles. The highest BCUT2D eigenvalue weighted by molar-refractivity contribution is 6.46. The lowest BCUT2D eigenvalue weighted by molar-refractivity contribution is -0.140. The van der Waals surface area contributed by atoms with Crippen molar-refractivity contribution in [3.05, 3.63) is 70.8 Å². The van der Waals surface area contributed by atoms with Gasteiger partial charge in [-0.05, 0) is 49.1 Å². The zero-order chi connectivity index (χ0) is 23.3. The van der Waals surface area contributed by atoms with Gasteiger partial charge in [0.2, 0.25) is 0 Å². The van der Waals surface area contributed by atoms with Crippen LogP contribution >= 0.6 is 0 Å². The minimum Gasteiger partial charge on any atom is -0.507 e. The molecule has 170 valence electrons. The Morgan fingerprint density at radius 1 is 1.06 bits per heavy atom. The molecule has 1 fully saturated rings. The summed E-state index contributed by atoms with van der Waals surface area (Å²) in [4.78, 5) is 27.4. The van der Waals surface area contributed by atoms with E-state index in [1.54, 1.807) is 31.4 Å². The number of aryl methyl sites for hydroxylation is 1. The zero-order valence-corrected chi connectivity index (χ0v) is 19.1. The van der Waals surface area contributed by atoms with Gasteiger partial charge in [0.1, 0.15) is 11.5 Å². The molecule has 1 heterocycles. The van der Waals surface area contributed by atoms with Gasteiger partial charge >= 0.3 is 0 Å². The van der Waals surface area contributed by atoms with Crippen LogP contribution in [0.15, 0.2) is 54.1 Å². The van der Waals surface area contributed by atoms with Gasteiger partial charge in [-0.25, -0.2) is 0 Å². The van der Waals surface area contributed by atoms with E-state index in [9.17, 15) is 14.7 Å². The number of carbonyl (C=O) groups is 2. The number of amides is 1. The molecule has 6 nitrogen and oxygen atoms in total. The number of Topliss-reactive ketones (excluding diaryl/α,β-unsaturated/α-hetero) is 1. The second kappa shape index (κ2) is 10.5. The first kappa shape index (κ1) is 23.5. The second-order valence-corrected chi connectivity index (χ2v) is 8.48. The molecule has 0 saturated carbocycles. The number of aliphatic hydroxyl groups excluding tert-OH is 1. The van der Waals surface area contributed by atoms with Crippen molar-refractivity contribution in [1.29, 1.82) is 0 Å². The number of ketones is 1. The van der Waals surface area contributed by atoms with Crippen molar-refractivity contribution in [3.8, 4) is 5.75 Å². The van der Waals surface area contributed by atoms with E-state index in [1.807, 2.05) is 31.2 Å². The third-order valence-electron chi connectivity index (χ3n) is 5.39. The molecule has 1 atom stereocenters. The maximum atomic E-state index is 13.0. The molecule has 1 aliphatic rings. The van der Waals surface area contributed by atoms with Crippen LogP contribution in [0.2, 0.25) is 0 Å². The largest absolute Gasteiger partial charge is 0.507 e. The predicted molar refractivity (Wildman–Crippen MR) is 123 cm³/mol. The van der Waals surface area contributed by atoms with E-state index in [0.717, 1.165) is 11.1 Å². The molecular weight excluding hydrogens is 406 g/mol. The number of aliphatic hydroxyl groups is 1. The normalized spacial score (nSPS) is 17.9. The average Bonchev–Trinajstić information content (AvgIpc) is 3.03. The number of likely N-dealkylation sites (tertiary alicyclic amines) is 1. The summed E-state index contributed by atoms with van der Waals surface area (Å²) >= 11 is 0. The topological polar surface area (TPSA) is 76.1 Å². The first-order chi connectivity index (χ1) is 15.3. The molecule has 1 unspecified atom stereocenters.